The molecule has 1 aliphatic heterocycles. The van der Waals surface area contributed by atoms with E-state index in [2.05, 4.69) is 0 Å². The van der Waals surface area contributed by atoms with Crippen molar-refractivity contribution in [3.05, 3.63) is 64.7 Å². The molecule has 1 saturated heterocycles. The van der Waals surface area contributed by atoms with Crippen LogP contribution in [0.4, 0.5) is 0 Å². The number of hydrogen-bond donors (Lipinski definition) is 0. The van der Waals surface area contributed by atoms with Crippen LogP contribution in [0.3, 0.4) is 0 Å². The predicted molar refractivity (Wildman–Crippen MR) is 111 cm³/mol. The van der Waals surface area contributed by atoms with Crippen molar-refractivity contribution in [2.24, 2.45) is 0 Å². The lowest BCUT2D eigenvalue weighted by molar-refractivity contribution is -0.148. The van der Waals surface area contributed by atoms with Crippen LogP contribution in [0.25, 0.3) is 0 Å². The van der Waals surface area contributed by atoms with Gasteiger partial charge in [0.15, 0.2) is 0 Å². The van der Waals surface area contributed by atoms with E-state index in [0.29, 0.717) is 28.7 Å². The smallest absolute Gasteiger partial charge is 0.329 e. The Morgan fingerprint density at radius 3 is 2.61 bits per heavy atom. The van der Waals surface area contributed by atoms with E-state index in [1.165, 1.54) is 18.9 Å². The van der Waals surface area contributed by atoms with Crippen LogP contribution in [0, 0.1) is 0 Å². The highest BCUT2D eigenvalue weighted by molar-refractivity contribution is 7.99. The van der Waals surface area contributed by atoms with Crippen molar-refractivity contribution < 1.29 is 19.1 Å². The number of halogens is 1. The maximum Gasteiger partial charge on any atom is 0.329 e. The largest absolute Gasteiger partial charge is 0.496 e. The van der Waals surface area contributed by atoms with E-state index < -0.39 is 12.0 Å². The van der Waals surface area contributed by atoms with E-state index >= 15 is 0 Å². The van der Waals surface area contributed by atoms with Gasteiger partial charge in [-0.3, -0.25) is 4.79 Å². The number of benzene rings is 2. The molecule has 0 aromatic heterocycles. The van der Waals surface area contributed by atoms with Gasteiger partial charge >= 0.3 is 5.97 Å². The number of nitrogens with zero attached hydrogens (tertiary/aromatic N) is 1. The van der Waals surface area contributed by atoms with Crippen molar-refractivity contribution in [2.75, 3.05) is 19.5 Å². The minimum Gasteiger partial charge on any atom is -0.496 e. The molecule has 28 heavy (non-hydrogen) atoms. The Labute approximate surface area is 174 Å². The molecule has 0 spiro atoms. The quantitative estimate of drug-likeness (QED) is 0.642. The molecule has 2 aromatic rings. The summed E-state index contributed by atoms with van der Waals surface area (Å²) in [6.45, 7) is 2.26. The molecule has 0 aliphatic carbocycles. The van der Waals surface area contributed by atoms with Crippen molar-refractivity contribution in [1.29, 1.82) is 0 Å². The molecule has 1 heterocycles. The highest BCUT2D eigenvalue weighted by Gasteiger charge is 2.44. The van der Waals surface area contributed by atoms with Gasteiger partial charge in [0, 0.05) is 16.3 Å². The molecule has 1 fully saturated rings. The number of hydrogen-bond acceptors (Lipinski definition) is 5. The van der Waals surface area contributed by atoms with Gasteiger partial charge in [0.1, 0.15) is 17.2 Å². The number of ether oxygens (including phenoxy) is 2. The molecule has 2 atom stereocenters. The first-order chi connectivity index (χ1) is 13.6. The van der Waals surface area contributed by atoms with Crippen LogP contribution >= 0.6 is 23.4 Å². The van der Waals surface area contributed by atoms with E-state index in [9.17, 15) is 9.59 Å². The zero-order chi connectivity index (χ0) is 20.1. The number of esters is 1. The summed E-state index contributed by atoms with van der Waals surface area (Å²) in [5.74, 6) is 0.222. The molecular formula is C21H22ClNO4S. The fraction of sp³-hybridized carbons (Fsp3) is 0.333. The number of rotatable bonds is 6. The highest BCUT2D eigenvalue weighted by atomic mass is 35.5. The third kappa shape index (κ3) is 4.13. The zero-order valence-corrected chi connectivity index (χ0v) is 17.3. The Balaban J connectivity index is 2.01. The van der Waals surface area contributed by atoms with Crippen LogP contribution in [0.15, 0.2) is 48.5 Å². The van der Waals surface area contributed by atoms with E-state index in [-0.39, 0.29) is 11.3 Å². The van der Waals surface area contributed by atoms with Crippen molar-refractivity contribution in [2.45, 2.75) is 24.8 Å². The lowest BCUT2D eigenvalue weighted by Crippen LogP contribution is -2.44. The van der Waals surface area contributed by atoms with Crippen molar-refractivity contribution >= 4 is 35.2 Å². The first kappa shape index (κ1) is 20.6. The monoisotopic (exact) mass is 419 g/mol. The standard InChI is InChI=1S/C21H22ClNO4S/c1-3-12-27-21(25)17-13-28-20(14-8-4-6-10-16(14)22)23(17)19(24)15-9-5-7-11-18(15)26-2/h4-11,17,20H,3,12-13H2,1-2H3/t17-,20-/m0/s1. The Bertz CT molecular complexity index is 860. The van der Waals surface area contributed by atoms with Gasteiger partial charge < -0.3 is 14.4 Å². The van der Waals surface area contributed by atoms with Crippen molar-refractivity contribution in [1.82, 2.24) is 4.90 Å². The molecule has 3 rings (SSSR count). The summed E-state index contributed by atoms with van der Waals surface area (Å²) in [6, 6.07) is 13.7. The van der Waals surface area contributed by atoms with Gasteiger partial charge in [0.2, 0.25) is 0 Å². The summed E-state index contributed by atoms with van der Waals surface area (Å²) in [5.41, 5.74) is 1.20. The van der Waals surface area contributed by atoms with Crippen LogP contribution in [0.5, 0.6) is 5.75 Å². The van der Waals surface area contributed by atoms with Gasteiger partial charge in [-0.2, -0.15) is 0 Å². The summed E-state index contributed by atoms with van der Waals surface area (Å²) >= 11 is 7.90. The average Bonchev–Trinajstić information content (AvgIpc) is 3.16. The summed E-state index contributed by atoms with van der Waals surface area (Å²) < 4.78 is 10.7. The van der Waals surface area contributed by atoms with Crippen LogP contribution in [-0.4, -0.2) is 42.3 Å². The van der Waals surface area contributed by atoms with Gasteiger partial charge in [-0.15, -0.1) is 11.8 Å². The Morgan fingerprint density at radius 1 is 1.18 bits per heavy atom. The second kappa shape index (κ2) is 9.34. The maximum atomic E-state index is 13.5. The number of amides is 1. The van der Waals surface area contributed by atoms with Gasteiger partial charge in [0.25, 0.3) is 5.91 Å². The topological polar surface area (TPSA) is 55.8 Å². The average molecular weight is 420 g/mol. The second-order valence-electron chi connectivity index (χ2n) is 6.30. The molecule has 0 bridgehead atoms. The minimum absolute atomic E-state index is 0.286. The molecule has 1 aliphatic rings. The first-order valence-electron chi connectivity index (χ1n) is 9.06. The summed E-state index contributed by atoms with van der Waals surface area (Å²) in [4.78, 5) is 27.7. The SMILES string of the molecule is CCCOC(=O)[C@@H]1CS[C@@H](c2ccccc2Cl)N1C(=O)c1ccccc1OC. The molecule has 0 N–H and O–H groups in total. The molecular weight excluding hydrogens is 398 g/mol. The fourth-order valence-corrected chi connectivity index (χ4v) is 4.86. The first-order valence-corrected chi connectivity index (χ1v) is 10.5. The summed E-state index contributed by atoms with van der Waals surface area (Å²) in [5, 5.41) is 0.172. The Morgan fingerprint density at radius 2 is 1.89 bits per heavy atom. The predicted octanol–water partition coefficient (Wildman–Crippen LogP) is 4.56. The number of carbonyl (C=O) groups is 2. The summed E-state index contributed by atoms with van der Waals surface area (Å²) in [6.07, 6.45) is 0.722. The Hall–Kier alpha value is -2.18. The van der Waals surface area contributed by atoms with Gasteiger partial charge in [-0.1, -0.05) is 48.9 Å². The van der Waals surface area contributed by atoms with Crippen LogP contribution < -0.4 is 4.74 Å². The number of methoxy groups -OCH3 is 1. The van der Waals surface area contributed by atoms with Gasteiger partial charge in [0.05, 0.1) is 19.3 Å². The summed E-state index contributed by atoms with van der Waals surface area (Å²) in [7, 11) is 1.52. The van der Waals surface area contributed by atoms with Gasteiger partial charge in [-0.25, -0.2) is 4.79 Å². The normalized spacial score (nSPS) is 18.8. The van der Waals surface area contributed by atoms with E-state index in [1.54, 1.807) is 35.2 Å². The second-order valence-corrected chi connectivity index (χ2v) is 7.82. The highest BCUT2D eigenvalue weighted by Crippen LogP contribution is 2.45. The van der Waals surface area contributed by atoms with E-state index in [4.69, 9.17) is 21.1 Å². The third-order valence-electron chi connectivity index (χ3n) is 4.46. The number of thioether (sulfide) groups is 1. The molecule has 1 amide bonds. The van der Waals surface area contributed by atoms with E-state index in [0.717, 1.165) is 12.0 Å². The molecule has 0 radical (unpaired) electrons. The minimum atomic E-state index is -0.685. The lowest BCUT2D eigenvalue weighted by atomic mass is 10.1. The zero-order valence-electron chi connectivity index (χ0n) is 15.8. The van der Waals surface area contributed by atoms with Gasteiger partial charge in [-0.05, 0) is 24.6 Å². The molecule has 148 valence electrons. The van der Waals surface area contributed by atoms with Crippen molar-refractivity contribution in [3.63, 3.8) is 0 Å². The number of para-hydroxylation sites is 1. The lowest BCUT2D eigenvalue weighted by Gasteiger charge is -2.29. The molecule has 0 unspecified atom stereocenters. The fourth-order valence-electron chi connectivity index (χ4n) is 3.11. The molecule has 5 nitrogen and oxygen atoms in total. The molecule has 7 heteroatoms. The van der Waals surface area contributed by atoms with Crippen LogP contribution in [0.1, 0.15) is 34.6 Å². The van der Waals surface area contributed by atoms with Crippen LogP contribution in [0.2, 0.25) is 5.02 Å². The molecule has 2 aromatic carbocycles. The van der Waals surface area contributed by atoms with E-state index in [1.807, 2.05) is 25.1 Å². The third-order valence-corrected chi connectivity index (χ3v) is 6.11. The van der Waals surface area contributed by atoms with Crippen molar-refractivity contribution in [3.8, 4) is 5.75 Å². The number of carbonyl (C=O) groups excluding carboxylic acids is 2. The maximum absolute atomic E-state index is 13.5. The Kier molecular flexibility index (Phi) is 6.86. The molecule has 0 saturated carbocycles. The van der Waals surface area contributed by atoms with Crippen LogP contribution in [-0.2, 0) is 9.53 Å².